The average molecular weight is 305 g/mol. The first-order chi connectivity index (χ1) is 9.33. The molecule has 4 nitrogen and oxygen atoms in total. The van der Waals surface area contributed by atoms with Crippen molar-refractivity contribution in [3.8, 4) is 5.75 Å². The molecule has 1 aromatic carbocycles. The van der Waals surface area contributed by atoms with Gasteiger partial charge in [-0.15, -0.1) is 0 Å². The predicted molar refractivity (Wildman–Crippen MR) is 68.2 cm³/mol. The summed E-state index contributed by atoms with van der Waals surface area (Å²) in [4.78, 5) is 24.5. The van der Waals surface area contributed by atoms with Crippen molar-refractivity contribution in [1.29, 1.82) is 0 Å². The topological polar surface area (TPSA) is 46.6 Å². The Bertz CT molecular complexity index is 559. The van der Waals surface area contributed by atoms with Crippen molar-refractivity contribution in [3.63, 3.8) is 0 Å². The lowest BCUT2D eigenvalue weighted by atomic mass is 10.1. The molecule has 1 aliphatic rings. The Morgan fingerprint density at radius 2 is 2.00 bits per heavy atom. The Morgan fingerprint density at radius 1 is 1.30 bits per heavy atom. The average Bonchev–Trinajstić information content (AvgIpc) is 2.62. The molecule has 1 heterocycles. The number of thioether (sulfide) groups is 1. The molecule has 0 aliphatic carbocycles. The van der Waals surface area contributed by atoms with Gasteiger partial charge in [0.05, 0.1) is 18.4 Å². The Morgan fingerprint density at radius 3 is 2.60 bits per heavy atom. The van der Waals surface area contributed by atoms with E-state index in [1.807, 2.05) is 0 Å². The van der Waals surface area contributed by atoms with Crippen molar-refractivity contribution in [2.24, 2.45) is 0 Å². The first-order valence-corrected chi connectivity index (χ1v) is 6.57. The van der Waals surface area contributed by atoms with E-state index in [1.54, 1.807) is 0 Å². The molecule has 1 aliphatic heterocycles. The van der Waals surface area contributed by atoms with Crippen molar-refractivity contribution in [2.75, 3.05) is 24.3 Å². The van der Waals surface area contributed by atoms with Gasteiger partial charge in [0.1, 0.15) is 5.75 Å². The van der Waals surface area contributed by atoms with E-state index in [0.717, 1.165) is 4.90 Å². The summed E-state index contributed by atoms with van der Waals surface area (Å²) in [6, 6.07) is 4.43. The van der Waals surface area contributed by atoms with Gasteiger partial charge in [-0.25, -0.2) is 0 Å². The standard InChI is InChI=1S/C12H10F3NO3S/c1-19-7-2-3-8-9(6-7)16(11(18)10(8)17)4-5-20-12(13,14)15/h2-3,6H,4-5H2,1H3. The molecule has 0 fully saturated rings. The van der Waals surface area contributed by atoms with Crippen LogP contribution in [0.4, 0.5) is 18.9 Å². The summed E-state index contributed by atoms with van der Waals surface area (Å²) in [7, 11) is 1.42. The van der Waals surface area contributed by atoms with Gasteiger partial charge in [-0.1, -0.05) is 0 Å². The zero-order valence-electron chi connectivity index (χ0n) is 10.4. The number of carbonyl (C=O) groups is 2. The quantitative estimate of drug-likeness (QED) is 0.802. The number of hydrogen-bond donors (Lipinski definition) is 0. The molecule has 20 heavy (non-hydrogen) atoms. The number of ketones is 1. The van der Waals surface area contributed by atoms with Gasteiger partial charge in [0.2, 0.25) is 0 Å². The third-order valence-corrected chi connectivity index (χ3v) is 3.47. The SMILES string of the molecule is COc1ccc2c(c1)N(CCSC(F)(F)F)C(=O)C2=O. The molecule has 0 unspecified atom stereocenters. The number of benzene rings is 1. The molecular formula is C12H10F3NO3S. The zero-order valence-corrected chi connectivity index (χ0v) is 11.2. The molecule has 0 saturated heterocycles. The number of methoxy groups -OCH3 is 1. The number of Topliss-reactive ketones (excluding diaryl/α,β-unsaturated/α-hetero) is 1. The third kappa shape index (κ3) is 2.90. The number of rotatable bonds is 4. The summed E-state index contributed by atoms with van der Waals surface area (Å²) in [5, 5.41) is 0. The maximum Gasteiger partial charge on any atom is 0.441 e. The number of fused-ring (bicyclic) bond motifs is 1. The van der Waals surface area contributed by atoms with E-state index in [9.17, 15) is 22.8 Å². The Hall–Kier alpha value is -1.70. The fraction of sp³-hybridized carbons (Fsp3) is 0.333. The van der Waals surface area contributed by atoms with Crippen LogP contribution in [0.2, 0.25) is 0 Å². The maximum atomic E-state index is 12.1. The highest BCUT2D eigenvalue weighted by Gasteiger charge is 2.37. The van der Waals surface area contributed by atoms with Crippen molar-refractivity contribution in [3.05, 3.63) is 23.8 Å². The summed E-state index contributed by atoms with van der Waals surface area (Å²) in [5.41, 5.74) is -3.88. The Labute approximate surface area is 116 Å². The lowest BCUT2D eigenvalue weighted by Crippen LogP contribution is -2.32. The molecule has 0 atom stereocenters. The molecule has 1 amide bonds. The molecule has 0 bridgehead atoms. The second-order valence-electron chi connectivity index (χ2n) is 3.96. The number of alkyl halides is 3. The minimum atomic E-state index is -4.36. The monoisotopic (exact) mass is 305 g/mol. The lowest BCUT2D eigenvalue weighted by Gasteiger charge is -2.17. The van der Waals surface area contributed by atoms with E-state index in [4.69, 9.17) is 4.74 Å². The molecule has 1 aromatic rings. The summed E-state index contributed by atoms with van der Waals surface area (Å²) in [5.74, 6) is -1.42. The van der Waals surface area contributed by atoms with Gasteiger partial charge in [-0.3, -0.25) is 9.59 Å². The van der Waals surface area contributed by atoms with Crippen LogP contribution in [0.5, 0.6) is 5.75 Å². The molecule has 0 radical (unpaired) electrons. The summed E-state index contributed by atoms with van der Waals surface area (Å²) in [6.45, 7) is -0.186. The van der Waals surface area contributed by atoms with Crippen molar-refractivity contribution >= 4 is 29.1 Å². The van der Waals surface area contributed by atoms with Gasteiger partial charge in [0.25, 0.3) is 11.7 Å². The normalized spacial score (nSPS) is 14.7. The van der Waals surface area contributed by atoms with Crippen molar-refractivity contribution in [2.45, 2.75) is 5.51 Å². The van der Waals surface area contributed by atoms with E-state index < -0.39 is 17.2 Å². The number of anilines is 1. The zero-order chi connectivity index (χ0) is 14.9. The molecular weight excluding hydrogens is 295 g/mol. The fourth-order valence-electron chi connectivity index (χ4n) is 1.88. The number of amides is 1. The van der Waals surface area contributed by atoms with E-state index in [2.05, 4.69) is 0 Å². The first-order valence-electron chi connectivity index (χ1n) is 5.58. The molecule has 108 valence electrons. The predicted octanol–water partition coefficient (Wildman–Crippen LogP) is 2.48. The van der Waals surface area contributed by atoms with Crippen molar-refractivity contribution < 1.29 is 27.5 Å². The molecule has 2 rings (SSSR count). The van der Waals surface area contributed by atoms with Crippen LogP contribution < -0.4 is 9.64 Å². The van der Waals surface area contributed by atoms with E-state index >= 15 is 0 Å². The second kappa shape index (κ2) is 5.35. The van der Waals surface area contributed by atoms with Crippen LogP contribution in [0.3, 0.4) is 0 Å². The van der Waals surface area contributed by atoms with Crippen LogP contribution in [0.25, 0.3) is 0 Å². The number of nitrogens with zero attached hydrogens (tertiary/aromatic N) is 1. The summed E-state index contributed by atoms with van der Waals surface area (Å²) < 4.78 is 41.3. The van der Waals surface area contributed by atoms with Gasteiger partial charge >= 0.3 is 5.51 Å². The van der Waals surface area contributed by atoms with Crippen LogP contribution in [0, 0.1) is 0 Å². The smallest absolute Gasteiger partial charge is 0.441 e. The van der Waals surface area contributed by atoms with Gasteiger partial charge in [-0.2, -0.15) is 13.2 Å². The number of ether oxygens (including phenoxy) is 1. The number of halogens is 3. The molecule has 0 saturated carbocycles. The minimum absolute atomic E-state index is 0.186. The van der Waals surface area contributed by atoms with Crippen LogP contribution >= 0.6 is 11.8 Å². The minimum Gasteiger partial charge on any atom is -0.497 e. The third-order valence-electron chi connectivity index (χ3n) is 2.76. The van der Waals surface area contributed by atoms with Gasteiger partial charge in [-0.05, 0) is 23.9 Å². The Kier molecular flexibility index (Phi) is 3.94. The molecule has 0 N–H and O–H groups in total. The second-order valence-corrected chi connectivity index (χ2v) is 5.12. The largest absolute Gasteiger partial charge is 0.497 e. The molecule has 0 aromatic heterocycles. The maximum absolute atomic E-state index is 12.1. The Balaban J connectivity index is 2.19. The molecule has 0 spiro atoms. The summed E-state index contributed by atoms with van der Waals surface area (Å²) in [6.07, 6.45) is 0. The van der Waals surface area contributed by atoms with Crippen molar-refractivity contribution in [1.82, 2.24) is 0 Å². The van der Waals surface area contributed by atoms with E-state index in [0.29, 0.717) is 11.4 Å². The fourth-order valence-corrected chi connectivity index (χ4v) is 2.38. The van der Waals surface area contributed by atoms with Crippen LogP contribution in [0.15, 0.2) is 18.2 Å². The van der Waals surface area contributed by atoms with Crippen LogP contribution in [0.1, 0.15) is 10.4 Å². The highest BCUT2D eigenvalue weighted by Crippen LogP contribution is 2.34. The van der Waals surface area contributed by atoms with Gasteiger partial charge < -0.3 is 9.64 Å². The van der Waals surface area contributed by atoms with Crippen LogP contribution in [-0.4, -0.2) is 36.6 Å². The molecule has 8 heteroatoms. The van der Waals surface area contributed by atoms with E-state index in [-0.39, 0.29) is 29.6 Å². The lowest BCUT2D eigenvalue weighted by molar-refractivity contribution is -0.114. The van der Waals surface area contributed by atoms with Crippen LogP contribution in [-0.2, 0) is 4.79 Å². The van der Waals surface area contributed by atoms with Gasteiger partial charge in [0.15, 0.2) is 0 Å². The highest BCUT2D eigenvalue weighted by atomic mass is 32.2. The van der Waals surface area contributed by atoms with E-state index in [1.165, 1.54) is 25.3 Å². The summed E-state index contributed by atoms with van der Waals surface area (Å²) >= 11 is -0.228. The highest BCUT2D eigenvalue weighted by molar-refractivity contribution is 8.00. The number of carbonyl (C=O) groups excluding carboxylic acids is 2. The number of hydrogen-bond acceptors (Lipinski definition) is 4. The first kappa shape index (κ1) is 14.7. The van der Waals surface area contributed by atoms with Gasteiger partial charge in [0, 0.05) is 18.4 Å².